The maximum atomic E-state index is 2.27. The summed E-state index contributed by atoms with van der Waals surface area (Å²) in [6.45, 7) is 34.0. The van der Waals surface area contributed by atoms with Crippen LogP contribution in [0, 0.1) is 0 Å². The van der Waals surface area contributed by atoms with Crippen molar-refractivity contribution in [3.05, 3.63) is 0 Å². The van der Waals surface area contributed by atoms with Gasteiger partial charge in [-0.25, -0.2) is 0 Å². The van der Waals surface area contributed by atoms with Crippen LogP contribution in [-0.4, -0.2) is 100.0 Å². The Balaban J connectivity index is -0.0000000331. The van der Waals surface area contributed by atoms with Gasteiger partial charge in [0.15, 0.2) is 0 Å². The minimum atomic E-state index is 0. The average molecular weight is 481 g/mol. The summed E-state index contributed by atoms with van der Waals surface area (Å²) in [6, 6.07) is 0. The Morgan fingerprint density at radius 2 is 0.238 bits per heavy atom. The van der Waals surface area contributed by atoms with E-state index < -0.39 is 0 Å². The molecular formula is C15H50MoP5+5. The molecule has 0 radical (unpaired) electrons. The van der Waals surface area contributed by atoms with Crippen molar-refractivity contribution in [1.29, 1.82) is 0 Å². The van der Waals surface area contributed by atoms with Crippen LogP contribution in [0.25, 0.3) is 0 Å². The zero-order chi connectivity index (χ0) is 17.9. The van der Waals surface area contributed by atoms with E-state index in [0.29, 0.717) is 0 Å². The van der Waals surface area contributed by atoms with Gasteiger partial charge in [0.1, 0.15) is 0 Å². The summed E-state index contributed by atoms with van der Waals surface area (Å²) >= 11 is 0. The van der Waals surface area contributed by atoms with Gasteiger partial charge in [0.2, 0.25) is 0 Å². The van der Waals surface area contributed by atoms with E-state index in [1.54, 1.807) is 0 Å². The summed E-state index contributed by atoms with van der Waals surface area (Å²) in [5.74, 6) is 0. The molecule has 0 amide bonds. The summed E-state index contributed by atoms with van der Waals surface area (Å²) in [5, 5.41) is 0. The largest absolute Gasteiger partial charge is 0.0461 e. The van der Waals surface area contributed by atoms with Crippen LogP contribution >= 0.6 is 39.6 Å². The summed E-state index contributed by atoms with van der Waals surface area (Å²) in [4.78, 5) is 0. The Bertz CT molecular complexity index is 80.6. The quantitative estimate of drug-likeness (QED) is 0.319. The van der Waals surface area contributed by atoms with Crippen molar-refractivity contribution in [3.8, 4) is 0 Å². The van der Waals surface area contributed by atoms with E-state index in [-0.39, 0.29) is 60.7 Å². The van der Waals surface area contributed by atoms with Crippen LogP contribution in [0.15, 0.2) is 0 Å². The minimum absolute atomic E-state index is 0. The van der Waals surface area contributed by atoms with E-state index in [4.69, 9.17) is 0 Å². The second-order valence-corrected chi connectivity index (χ2v) is 22.5. The summed E-state index contributed by atoms with van der Waals surface area (Å²) in [7, 11) is 0.602. The van der Waals surface area contributed by atoms with Gasteiger partial charge in [-0.05, 0) is 39.6 Å². The fourth-order valence-corrected chi connectivity index (χ4v) is 0. The third kappa shape index (κ3) is 1230. The van der Waals surface area contributed by atoms with E-state index >= 15 is 0 Å². The maximum Gasteiger partial charge on any atom is 0.0461 e. The Morgan fingerprint density at radius 3 is 0.238 bits per heavy atom. The predicted molar refractivity (Wildman–Crippen MR) is 130 cm³/mol. The van der Waals surface area contributed by atoms with Crippen molar-refractivity contribution in [2.75, 3.05) is 100.0 Å². The number of rotatable bonds is 0. The van der Waals surface area contributed by atoms with Crippen LogP contribution in [0.5, 0.6) is 0 Å². The van der Waals surface area contributed by atoms with Crippen LogP contribution < -0.4 is 0 Å². The first-order valence-electron chi connectivity index (χ1n) is 7.50. The molecule has 0 rings (SSSR count). The minimum Gasteiger partial charge on any atom is -0.00840 e. The molecule has 21 heavy (non-hydrogen) atoms. The van der Waals surface area contributed by atoms with Crippen LogP contribution in [0.3, 0.4) is 0 Å². The van der Waals surface area contributed by atoms with Gasteiger partial charge in [-0.1, -0.05) is 0 Å². The van der Waals surface area contributed by atoms with Crippen LogP contribution in [0.2, 0.25) is 0 Å². The fraction of sp³-hybridized carbons (Fsp3) is 1.00. The monoisotopic (exact) mass is 483 g/mol. The molecule has 0 fully saturated rings. The number of hydrogen-bond donors (Lipinski definition) is 0. The van der Waals surface area contributed by atoms with E-state index in [0.717, 1.165) is 0 Å². The topological polar surface area (TPSA) is 0 Å². The second-order valence-electron chi connectivity index (χ2n) is 7.50. The van der Waals surface area contributed by atoms with E-state index in [2.05, 4.69) is 100.0 Å². The van der Waals surface area contributed by atoms with Gasteiger partial charge >= 0.3 is 0 Å². The molecule has 0 aromatic heterocycles. The molecule has 0 aliphatic rings. The van der Waals surface area contributed by atoms with Crippen LogP contribution in [0.1, 0.15) is 0 Å². The SMILES string of the molecule is C[PH+](C)C.C[PH+](C)C.C[PH+](C)C.C[PH+](C)C.C[PH+](C)C.[Mo]. The van der Waals surface area contributed by atoms with Crippen molar-refractivity contribution in [1.82, 2.24) is 0 Å². The van der Waals surface area contributed by atoms with Gasteiger partial charge in [-0.2, -0.15) is 0 Å². The smallest absolute Gasteiger partial charge is 0.00840 e. The maximum absolute atomic E-state index is 2.27. The molecule has 0 spiro atoms. The first kappa shape index (κ1) is 39.1. The molecule has 6 heteroatoms. The second kappa shape index (κ2) is 34.2. The summed E-state index contributed by atoms with van der Waals surface area (Å²) < 4.78 is 0. The van der Waals surface area contributed by atoms with Crippen molar-refractivity contribution in [2.24, 2.45) is 0 Å². The zero-order valence-electron chi connectivity index (χ0n) is 17.9. The molecule has 0 N–H and O–H groups in total. The van der Waals surface area contributed by atoms with E-state index in [9.17, 15) is 0 Å². The molecule has 0 nitrogen and oxygen atoms in total. The molecular weight excluding hydrogens is 431 g/mol. The van der Waals surface area contributed by atoms with Crippen molar-refractivity contribution in [3.63, 3.8) is 0 Å². The molecule has 0 atom stereocenters. The Morgan fingerprint density at radius 1 is 0.238 bits per heavy atom. The predicted octanol–water partition coefficient (Wildman–Crippen LogP) is 5.45. The Labute approximate surface area is 160 Å². The van der Waals surface area contributed by atoms with Crippen LogP contribution in [-0.2, 0) is 21.1 Å². The van der Waals surface area contributed by atoms with Crippen molar-refractivity contribution >= 4 is 39.6 Å². The van der Waals surface area contributed by atoms with E-state index in [1.165, 1.54) is 0 Å². The fourth-order valence-electron chi connectivity index (χ4n) is 0. The first-order valence-corrected chi connectivity index (χ1v) is 22.5. The molecule has 0 aromatic rings. The van der Waals surface area contributed by atoms with Gasteiger partial charge in [0.25, 0.3) is 0 Å². The van der Waals surface area contributed by atoms with Crippen molar-refractivity contribution < 1.29 is 21.1 Å². The Hall–Kier alpha value is 2.84. The molecule has 0 aliphatic carbocycles. The first-order chi connectivity index (χ1) is 8.66. The van der Waals surface area contributed by atoms with E-state index in [1.807, 2.05) is 0 Å². The Kier molecular flexibility index (Phi) is 63.7. The van der Waals surface area contributed by atoms with Gasteiger partial charge < -0.3 is 0 Å². The molecule has 0 bridgehead atoms. The standard InChI is InChI=1S/5C3H9P.Mo/c5*1-4(2)3;/h5*1-3H3;/p+5. The zero-order valence-corrected chi connectivity index (χ0v) is 24.9. The number of hydrogen-bond acceptors (Lipinski definition) is 0. The van der Waals surface area contributed by atoms with Gasteiger partial charge in [0, 0.05) is 121 Å². The van der Waals surface area contributed by atoms with Gasteiger partial charge in [-0.15, -0.1) is 0 Å². The third-order valence-electron chi connectivity index (χ3n) is 0. The molecule has 0 aromatic carbocycles. The average Bonchev–Trinajstić information content (AvgIpc) is 1.94. The molecule has 0 saturated carbocycles. The van der Waals surface area contributed by atoms with Crippen LogP contribution in [0.4, 0.5) is 0 Å². The molecule has 0 unspecified atom stereocenters. The van der Waals surface area contributed by atoms with Gasteiger partial charge in [-0.3, -0.25) is 0 Å². The molecule has 136 valence electrons. The molecule has 0 aliphatic heterocycles. The van der Waals surface area contributed by atoms with Gasteiger partial charge in [0.05, 0.1) is 0 Å². The normalized spacial score (nSPS) is 8.57. The summed E-state index contributed by atoms with van der Waals surface area (Å²) in [5.41, 5.74) is 0. The molecule has 0 saturated heterocycles. The summed E-state index contributed by atoms with van der Waals surface area (Å²) in [6.07, 6.45) is 0. The molecule has 0 heterocycles. The van der Waals surface area contributed by atoms with Crippen molar-refractivity contribution in [2.45, 2.75) is 0 Å². The third-order valence-corrected chi connectivity index (χ3v) is 0.